The zero-order valence-electron chi connectivity index (χ0n) is 15.2. The van der Waals surface area contributed by atoms with Gasteiger partial charge in [0.25, 0.3) is 0 Å². The molecule has 25 heavy (non-hydrogen) atoms. The van der Waals surface area contributed by atoms with Gasteiger partial charge >= 0.3 is 0 Å². The van der Waals surface area contributed by atoms with Crippen LogP contribution in [-0.2, 0) is 6.42 Å². The molecule has 0 bridgehead atoms. The third-order valence-electron chi connectivity index (χ3n) is 3.43. The first-order valence-corrected chi connectivity index (χ1v) is 10.7. The Hall–Kier alpha value is -1.40. The number of benzene rings is 1. The van der Waals surface area contributed by atoms with E-state index in [2.05, 4.69) is 47.3 Å². The van der Waals surface area contributed by atoms with Crippen molar-refractivity contribution in [2.24, 2.45) is 0 Å². The highest BCUT2D eigenvalue weighted by Gasteiger charge is 2.06. The van der Waals surface area contributed by atoms with E-state index in [1.54, 1.807) is 30.6 Å². The second-order valence-corrected chi connectivity index (χ2v) is 7.78. The summed E-state index contributed by atoms with van der Waals surface area (Å²) in [6, 6.07) is 10.2. The molecule has 1 aromatic carbocycles. The van der Waals surface area contributed by atoms with Crippen molar-refractivity contribution >= 4 is 29.3 Å². The molecular weight excluding hydrogens is 350 g/mol. The lowest BCUT2D eigenvalue weighted by Gasteiger charge is -2.10. The maximum Gasteiger partial charge on any atom is 0.190 e. The molecule has 6 heteroatoms. The van der Waals surface area contributed by atoms with Gasteiger partial charge in [-0.25, -0.2) is 9.97 Å². The lowest BCUT2D eigenvalue weighted by Crippen LogP contribution is -2.07. The summed E-state index contributed by atoms with van der Waals surface area (Å²) in [5.41, 5.74) is 1.25. The number of nitrogens with one attached hydrogen (secondary N) is 1. The van der Waals surface area contributed by atoms with E-state index >= 15 is 0 Å². The Balaban J connectivity index is 1.98. The van der Waals surface area contributed by atoms with Crippen LogP contribution < -0.4 is 10.1 Å². The molecular formula is C19H27N3OS2. The fourth-order valence-corrected chi connectivity index (χ4v) is 3.73. The van der Waals surface area contributed by atoms with E-state index < -0.39 is 0 Å². The number of nitrogens with zero attached hydrogens (tertiary/aromatic N) is 2. The van der Waals surface area contributed by atoms with Crippen LogP contribution in [0.25, 0.3) is 0 Å². The van der Waals surface area contributed by atoms with E-state index in [4.69, 9.17) is 4.74 Å². The third kappa shape index (κ3) is 7.16. The van der Waals surface area contributed by atoms with Gasteiger partial charge in [0.1, 0.15) is 16.6 Å². The van der Waals surface area contributed by atoms with Crippen LogP contribution in [0.2, 0.25) is 0 Å². The van der Waals surface area contributed by atoms with Gasteiger partial charge in [0, 0.05) is 18.4 Å². The molecule has 0 saturated heterocycles. The molecule has 0 unspecified atom stereocenters. The average molecular weight is 378 g/mol. The molecule has 0 saturated carbocycles. The predicted molar refractivity (Wildman–Crippen MR) is 109 cm³/mol. The first-order valence-electron chi connectivity index (χ1n) is 8.76. The van der Waals surface area contributed by atoms with Crippen LogP contribution in [0.15, 0.2) is 40.5 Å². The van der Waals surface area contributed by atoms with E-state index in [0.717, 1.165) is 59.1 Å². The molecule has 1 aromatic heterocycles. The molecule has 0 aliphatic rings. The van der Waals surface area contributed by atoms with E-state index in [-0.39, 0.29) is 0 Å². The first kappa shape index (κ1) is 19.9. The topological polar surface area (TPSA) is 47.0 Å². The van der Waals surface area contributed by atoms with Crippen LogP contribution in [-0.4, -0.2) is 35.1 Å². The van der Waals surface area contributed by atoms with E-state index in [9.17, 15) is 0 Å². The molecule has 136 valence electrons. The molecule has 0 spiro atoms. The standard InChI is InChI=1S/C19H27N3OS2/c1-4-11-24-18-14-17(21-19(22-18)25-12-5-2)20-10-9-15-7-6-8-16(13-15)23-3/h6-8,13-14H,4-5,9-12H2,1-3H3,(H,20,21,22). The van der Waals surface area contributed by atoms with Gasteiger partial charge in [-0.15, -0.1) is 11.8 Å². The van der Waals surface area contributed by atoms with Crippen molar-refractivity contribution in [3.8, 4) is 5.75 Å². The fraction of sp³-hybridized carbons (Fsp3) is 0.474. The summed E-state index contributed by atoms with van der Waals surface area (Å²) in [6.07, 6.45) is 3.19. The van der Waals surface area contributed by atoms with Gasteiger partial charge in [0.15, 0.2) is 5.16 Å². The van der Waals surface area contributed by atoms with Crippen LogP contribution in [0, 0.1) is 0 Å². The van der Waals surface area contributed by atoms with E-state index in [1.807, 2.05) is 12.1 Å². The lowest BCUT2D eigenvalue weighted by atomic mass is 10.1. The summed E-state index contributed by atoms with van der Waals surface area (Å²) in [6.45, 7) is 5.20. The summed E-state index contributed by atoms with van der Waals surface area (Å²) in [5.74, 6) is 3.94. The van der Waals surface area contributed by atoms with Crippen LogP contribution in [0.5, 0.6) is 5.75 Å². The van der Waals surface area contributed by atoms with Crippen LogP contribution in [0.4, 0.5) is 5.82 Å². The normalized spacial score (nSPS) is 10.7. The number of anilines is 1. The van der Waals surface area contributed by atoms with Crippen molar-refractivity contribution in [2.45, 2.75) is 43.3 Å². The zero-order valence-corrected chi connectivity index (χ0v) is 16.9. The largest absolute Gasteiger partial charge is 0.497 e. The minimum absolute atomic E-state index is 0.833. The van der Waals surface area contributed by atoms with E-state index in [0.29, 0.717) is 0 Å². The second kappa shape index (κ2) is 11.3. The summed E-state index contributed by atoms with van der Waals surface area (Å²) in [7, 11) is 1.70. The van der Waals surface area contributed by atoms with Crippen LogP contribution >= 0.6 is 23.5 Å². The van der Waals surface area contributed by atoms with Crippen LogP contribution in [0.1, 0.15) is 32.3 Å². The Labute approximate surface area is 159 Å². The third-order valence-corrected chi connectivity index (χ3v) is 5.60. The first-order chi connectivity index (χ1) is 12.2. The lowest BCUT2D eigenvalue weighted by molar-refractivity contribution is 0.414. The number of rotatable bonds is 11. The quantitative estimate of drug-likeness (QED) is 0.332. The number of aromatic nitrogens is 2. The minimum atomic E-state index is 0.833. The van der Waals surface area contributed by atoms with Crippen molar-refractivity contribution in [3.05, 3.63) is 35.9 Å². The van der Waals surface area contributed by atoms with Gasteiger partial charge in [-0.2, -0.15) is 0 Å². The van der Waals surface area contributed by atoms with E-state index in [1.165, 1.54) is 5.56 Å². The highest BCUT2D eigenvalue weighted by Crippen LogP contribution is 2.24. The molecule has 1 N–H and O–H groups in total. The number of methoxy groups -OCH3 is 1. The summed E-state index contributed by atoms with van der Waals surface area (Å²) in [5, 5.41) is 5.37. The molecule has 0 atom stereocenters. The molecule has 0 fully saturated rings. The molecule has 0 amide bonds. The Morgan fingerprint density at radius 1 is 1.04 bits per heavy atom. The molecule has 0 aliphatic carbocycles. The van der Waals surface area contributed by atoms with Gasteiger partial charge in [-0.1, -0.05) is 37.7 Å². The highest BCUT2D eigenvalue weighted by atomic mass is 32.2. The minimum Gasteiger partial charge on any atom is -0.497 e. The number of hydrogen-bond donors (Lipinski definition) is 1. The maximum absolute atomic E-state index is 5.28. The Bertz CT molecular complexity index is 626. The van der Waals surface area contributed by atoms with Gasteiger partial charge in [0.05, 0.1) is 7.11 Å². The zero-order chi connectivity index (χ0) is 17.9. The molecule has 0 radical (unpaired) electrons. The van der Waals surface area contributed by atoms with Gasteiger partial charge < -0.3 is 10.1 Å². The van der Waals surface area contributed by atoms with Gasteiger partial charge in [0.2, 0.25) is 0 Å². The SMILES string of the molecule is CCCSc1cc(NCCc2cccc(OC)c2)nc(SCCC)n1. The van der Waals surface area contributed by atoms with Gasteiger partial charge in [-0.3, -0.25) is 0 Å². The highest BCUT2D eigenvalue weighted by molar-refractivity contribution is 7.99. The van der Waals surface area contributed by atoms with Crippen LogP contribution in [0.3, 0.4) is 0 Å². The molecule has 4 nitrogen and oxygen atoms in total. The monoisotopic (exact) mass is 377 g/mol. The molecule has 2 rings (SSSR count). The van der Waals surface area contributed by atoms with Crippen molar-refractivity contribution in [1.82, 2.24) is 9.97 Å². The fourth-order valence-electron chi connectivity index (χ4n) is 2.20. The maximum atomic E-state index is 5.28. The van der Waals surface area contributed by atoms with Crippen molar-refractivity contribution in [3.63, 3.8) is 0 Å². The molecule has 2 aromatic rings. The Kier molecular flexibility index (Phi) is 8.97. The Morgan fingerprint density at radius 2 is 1.84 bits per heavy atom. The Morgan fingerprint density at radius 3 is 2.60 bits per heavy atom. The number of ether oxygens (including phenoxy) is 1. The average Bonchev–Trinajstić information content (AvgIpc) is 2.65. The summed E-state index contributed by atoms with van der Waals surface area (Å²) in [4.78, 5) is 9.30. The molecule has 1 heterocycles. The van der Waals surface area contributed by atoms with Crippen molar-refractivity contribution in [1.29, 1.82) is 0 Å². The van der Waals surface area contributed by atoms with Crippen molar-refractivity contribution < 1.29 is 4.74 Å². The number of thioether (sulfide) groups is 2. The predicted octanol–water partition coefficient (Wildman–Crippen LogP) is 5.14. The van der Waals surface area contributed by atoms with Gasteiger partial charge in [-0.05, 0) is 42.7 Å². The summed E-state index contributed by atoms with van der Waals surface area (Å²) >= 11 is 3.52. The smallest absolute Gasteiger partial charge is 0.190 e. The second-order valence-electron chi connectivity index (χ2n) is 5.60. The van der Waals surface area contributed by atoms with Crippen molar-refractivity contribution in [2.75, 3.05) is 30.5 Å². The molecule has 0 aliphatic heterocycles. The summed E-state index contributed by atoms with van der Waals surface area (Å²) < 4.78 is 5.28. The number of hydrogen-bond acceptors (Lipinski definition) is 6.